The van der Waals surface area contributed by atoms with Crippen molar-refractivity contribution in [2.24, 2.45) is 17.8 Å². The summed E-state index contributed by atoms with van der Waals surface area (Å²) >= 11 is 0. The molecule has 118 valence electrons. The number of hydrogen-bond donors (Lipinski definition) is 1. The first kappa shape index (κ1) is 16.3. The molecule has 0 spiro atoms. The Morgan fingerprint density at radius 2 is 1.45 bits per heavy atom. The first-order valence-electron chi connectivity index (χ1n) is 9.61. The largest absolute Gasteiger partial charge is 0.314 e. The zero-order valence-corrected chi connectivity index (χ0v) is 14.0. The van der Waals surface area contributed by atoms with Gasteiger partial charge in [0.15, 0.2) is 0 Å². The molecule has 0 aliphatic heterocycles. The molecule has 0 heterocycles. The highest BCUT2D eigenvalue weighted by molar-refractivity contribution is 5.04. The van der Waals surface area contributed by atoms with E-state index in [1.807, 2.05) is 0 Å². The summed E-state index contributed by atoms with van der Waals surface area (Å²) in [6.07, 6.45) is 17.7. The zero-order valence-electron chi connectivity index (χ0n) is 14.0. The van der Waals surface area contributed by atoms with E-state index in [4.69, 9.17) is 0 Å². The number of hydrogen-bond acceptors (Lipinski definition) is 1. The molecule has 20 heavy (non-hydrogen) atoms. The van der Waals surface area contributed by atoms with Gasteiger partial charge in [-0.1, -0.05) is 71.6 Å². The quantitative estimate of drug-likeness (QED) is 0.489. The van der Waals surface area contributed by atoms with Gasteiger partial charge in [0.1, 0.15) is 0 Å². The van der Waals surface area contributed by atoms with Crippen LogP contribution in [0, 0.1) is 17.8 Å². The second-order valence-corrected chi connectivity index (χ2v) is 7.26. The molecule has 3 atom stereocenters. The molecule has 2 rings (SSSR count). The van der Waals surface area contributed by atoms with Gasteiger partial charge >= 0.3 is 0 Å². The Labute approximate surface area is 127 Å². The van der Waals surface area contributed by atoms with E-state index in [1.165, 1.54) is 77.0 Å². The molecule has 0 saturated heterocycles. The van der Waals surface area contributed by atoms with Crippen molar-refractivity contribution < 1.29 is 0 Å². The molecule has 0 aromatic rings. The van der Waals surface area contributed by atoms with Gasteiger partial charge in [-0.15, -0.1) is 0 Å². The van der Waals surface area contributed by atoms with E-state index in [-0.39, 0.29) is 0 Å². The van der Waals surface area contributed by atoms with E-state index < -0.39 is 0 Å². The molecule has 1 nitrogen and oxygen atoms in total. The third-order valence-corrected chi connectivity index (χ3v) is 5.77. The maximum Gasteiger partial charge on any atom is 0.0101 e. The Morgan fingerprint density at radius 1 is 0.850 bits per heavy atom. The van der Waals surface area contributed by atoms with Crippen LogP contribution < -0.4 is 5.32 Å². The predicted molar refractivity (Wildman–Crippen MR) is 89.0 cm³/mol. The van der Waals surface area contributed by atoms with Gasteiger partial charge in [-0.05, 0) is 43.6 Å². The Balaban J connectivity index is 1.58. The predicted octanol–water partition coefficient (Wildman–Crippen LogP) is 5.54. The number of nitrogens with one attached hydrogen (secondary N) is 1. The Kier molecular flexibility index (Phi) is 7.41. The normalized spacial score (nSPS) is 30.0. The van der Waals surface area contributed by atoms with Crippen LogP contribution in [-0.4, -0.2) is 12.6 Å². The first-order chi connectivity index (χ1) is 9.88. The van der Waals surface area contributed by atoms with Gasteiger partial charge < -0.3 is 5.32 Å². The summed E-state index contributed by atoms with van der Waals surface area (Å²) in [5, 5.41) is 3.81. The molecule has 1 heteroatoms. The van der Waals surface area contributed by atoms with E-state index in [9.17, 15) is 0 Å². The molecular formula is C19H37N. The molecule has 2 fully saturated rings. The lowest BCUT2D eigenvalue weighted by Gasteiger charge is -2.18. The van der Waals surface area contributed by atoms with Gasteiger partial charge in [-0.2, -0.15) is 0 Å². The van der Waals surface area contributed by atoms with Gasteiger partial charge in [0.05, 0.1) is 0 Å². The second kappa shape index (κ2) is 9.07. The van der Waals surface area contributed by atoms with Crippen molar-refractivity contribution in [3.05, 3.63) is 0 Å². The molecule has 3 unspecified atom stereocenters. The van der Waals surface area contributed by atoms with Crippen LogP contribution in [0.25, 0.3) is 0 Å². The van der Waals surface area contributed by atoms with Crippen molar-refractivity contribution in [3.8, 4) is 0 Å². The van der Waals surface area contributed by atoms with Gasteiger partial charge in [0.25, 0.3) is 0 Å². The van der Waals surface area contributed by atoms with Crippen molar-refractivity contribution in [2.45, 2.75) is 96.9 Å². The Morgan fingerprint density at radius 3 is 2.05 bits per heavy atom. The van der Waals surface area contributed by atoms with Gasteiger partial charge in [0, 0.05) is 6.04 Å². The van der Waals surface area contributed by atoms with Crippen molar-refractivity contribution in [1.29, 1.82) is 0 Å². The van der Waals surface area contributed by atoms with Crippen LogP contribution in [0.15, 0.2) is 0 Å². The van der Waals surface area contributed by atoms with E-state index in [1.54, 1.807) is 0 Å². The maximum atomic E-state index is 3.81. The summed E-state index contributed by atoms with van der Waals surface area (Å²) in [5.41, 5.74) is 0. The number of unbranched alkanes of at least 4 members (excludes halogenated alkanes) is 6. The lowest BCUT2D eigenvalue weighted by Crippen LogP contribution is -2.32. The molecule has 1 N–H and O–H groups in total. The third kappa shape index (κ3) is 4.76. The van der Waals surface area contributed by atoms with Crippen molar-refractivity contribution >= 4 is 0 Å². The minimum Gasteiger partial charge on any atom is -0.314 e. The minimum atomic E-state index is 0.851. The van der Waals surface area contributed by atoms with Crippen molar-refractivity contribution in [3.63, 3.8) is 0 Å². The molecular weight excluding hydrogens is 242 g/mol. The molecule has 0 radical (unpaired) electrons. The molecule has 0 amide bonds. The highest BCUT2D eigenvalue weighted by Crippen LogP contribution is 2.57. The monoisotopic (exact) mass is 279 g/mol. The van der Waals surface area contributed by atoms with E-state index in [0.717, 1.165) is 30.3 Å². The van der Waals surface area contributed by atoms with Crippen molar-refractivity contribution in [1.82, 2.24) is 5.32 Å². The highest BCUT2D eigenvalue weighted by atomic mass is 14.9. The first-order valence-corrected chi connectivity index (χ1v) is 9.61. The topological polar surface area (TPSA) is 12.0 Å². The van der Waals surface area contributed by atoms with Crippen LogP contribution in [0.1, 0.15) is 90.9 Å². The van der Waals surface area contributed by atoms with Crippen LogP contribution in [0.2, 0.25) is 0 Å². The van der Waals surface area contributed by atoms with Gasteiger partial charge in [-0.3, -0.25) is 0 Å². The number of rotatable bonds is 11. The summed E-state index contributed by atoms with van der Waals surface area (Å²) < 4.78 is 0. The molecule has 0 aromatic carbocycles. The van der Waals surface area contributed by atoms with Crippen LogP contribution in [0.3, 0.4) is 0 Å². The van der Waals surface area contributed by atoms with Crippen LogP contribution in [0.5, 0.6) is 0 Å². The smallest absolute Gasteiger partial charge is 0.0101 e. The van der Waals surface area contributed by atoms with E-state index in [0.29, 0.717) is 0 Å². The fourth-order valence-electron chi connectivity index (χ4n) is 4.66. The zero-order chi connectivity index (χ0) is 14.2. The average molecular weight is 280 g/mol. The lowest BCUT2D eigenvalue weighted by molar-refractivity contribution is 0.397. The lowest BCUT2D eigenvalue weighted by atomic mass is 10.0. The Bertz CT molecular complexity index is 238. The second-order valence-electron chi connectivity index (χ2n) is 7.26. The minimum absolute atomic E-state index is 0.851. The molecule has 2 saturated carbocycles. The summed E-state index contributed by atoms with van der Waals surface area (Å²) in [7, 11) is 0. The van der Waals surface area contributed by atoms with E-state index >= 15 is 0 Å². The van der Waals surface area contributed by atoms with Gasteiger partial charge in [0.2, 0.25) is 0 Å². The SMILES string of the molecule is CCCCCCCCCC(NCC)C1C2CCCCC21. The number of fused-ring (bicyclic) bond motifs is 1. The summed E-state index contributed by atoms with van der Waals surface area (Å²) in [4.78, 5) is 0. The average Bonchev–Trinajstić information content (AvgIpc) is 3.19. The fourth-order valence-corrected chi connectivity index (χ4v) is 4.66. The highest BCUT2D eigenvalue weighted by Gasteiger charge is 2.53. The van der Waals surface area contributed by atoms with Crippen LogP contribution in [-0.2, 0) is 0 Å². The summed E-state index contributed by atoms with van der Waals surface area (Å²) in [5.74, 6) is 3.27. The summed E-state index contributed by atoms with van der Waals surface area (Å²) in [6, 6.07) is 0.851. The molecule has 2 aliphatic rings. The molecule has 0 aromatic heterocycles. The van der Waals surface area contributed by atoms with E-state index in [2.05, 4.69) is 19.2 Å². The van der Waals surface area contributed by atoms with Crippen LogP contribution >= 0.6 is 0 Å². The maximum absolute atomic E-state index is 3.81. The molecule has 2 aliphatic carbocycles. The van der Waals surface area contributed by atoms with Crippen molar-refractivity contribution in [2.75, 3.05) is 6.54 Å². The summed E-state index contributed by atoms with van der Waals surface area (Å²) in [6.45, 7) is 5.75. The standard InChI is InChI=1S/C19H37N/c1-3-5-6-7-8-9-10-15-18(20-4-2)19-16-13-11-12-14-17(16)19/h16-20H,3-15H2,1-2H3. The Hall–Kier alpha value is -0.0400. The van der Waals surface area contributed by atoms with Crippen LogP contribution in [0.4, 0.5) is 0 Å². The fraction of sp³-hybridized carbons (Fsp3) is 1.00. The third-order valence-electron chi connectivity index (χ3n) is 5.77. The van der Waals surface area contributed by atoms with Gasteiger partial charge in [-0.25, -0.2) is 0 Å². The molecule has 0 bridgehead atoms.